The van der Waals surface area contributed by atoms with Crippen molar-refractivity contribution in [3.63, 3.8) is 0 Å². The highest BCUT2D eigenvalue weighted by Gasteiger charge is 2.18. The summed E-state index contributed by atoms with van der Waals surface area (Å²) in [5.41, 5.74) is 2.60. The number of nitrogens with one attached hydrogen (secondary N) is 2. The first kappa shape index (κ1) is 12.5. The molecular weight excluding hydrogens is 238 g/mol. The Morgan fingerprint density at radius 3 is 2.47 bits per heavy atom. The minimum Gasteiger partial charge on any atom is -0.360 e. The first-order chi connectivity index (χ1) is 9.33. The summed E-state index contributed by atoms with van der Waals surface area (Å²) in [6.07, 6.45) is 2.46. The van der Waals surface area contributed by atoms with Crippen molar-refractivity contribution in [1.29, 1.82) is 0 Å². The molecule has 0 aliphatic carbocycles. The standard InChI is InChI=1S/C15H21N3O/c19-15-11-18(10-9-17-15)14-3-1-12(2-4-14)13-5-7-16-8-6-13/h1-4,13,16H,5-11H2,(H,17,19). The predicted molar refractivity (Wildman–Crippen MR) is 76.5 cm³/mol. The van der Waals surface area contributed by atoms with Gasteiger partial charge in [0.15, 0.2) is 0 Å². The summed E-state index contributed by atoms with van der Waals surface area (Å²) in [5, 5.41) is 6.26. The van der Waals surface area contributed by atoms with Crippen LogP contribution in [-0.2, 0) is 4.79 Å². The van der Waals surface area contributed by atoms with Crippen molar-refractivity contribution in [2.24, 2.45) is 0 Å². The van der Waals surface area contributed by atoms with Crippen molar-refractivity contribution in [2.45, 2.75) is 18.8 Å². The van der Waals surface area contributed by atoms with E-state index < -0.39 is 0 Å². The number of piperidine rings is 1. The molecule has 0 spiro atoms. The average Bonchev–Trinajstić information content (AvgIpc) is 2.48. The Bertz CT molecular complexity index is 437. The first-order valence-corrected chi connectivity index (χ1v) is 7.15. The van der Waals surface area contributed by atoms with Crippen LogP contribution in [-0.4, -0.2) is 38.6 Å². The van der Waals surface area contributed by atoms with E-state index in [0.29, 0.717) is 12.5 Å². The highest BCUT2D eigenvalue weighted by molar-refractivity contribution is 5.82. The number of amides is 1. The molecule has 0 unspecified atom stereocenters. The van der Waals surface area contributed by atoms with E-state index in [9.17, 15) is 4.79 Å². The number of carbonyl (C=O) groups is 1. The molecule has 102 valence electrons. The highest BCUT2D eigenvalue weighted by Crippen LogP contribution is 2.27. The SMILES string of the molecule is O=C1CN(c2ccc(C3CCNCC3)cc2)CCN1. The number of hydrogen-bond donors (Lipinski definition) is 2. The van der Waals surface area contributed by atoms with Gasteiger partial charge < -0.3 is 15.5 Å². The first-order valence-electron chi connectivity index (χ1n) is 7.15. The zero-order chi connectivity index (χ0) is 13.1. The summed E-state index contributed by atoms with van der Waals surface area (Å²) in [5.74, 6) is 0.814. The van der Waals surface area contributed by atoms with Gasteiger partial charge in [0.2, 0.25) is 5.91 Å². The number of anilines is 1. The highest BCUT2D eigenvalue weighted by atomic mass is 16.2. The van der Waals surface area contributed by atoms with Crippen molar-refractivity contribution in [3.05, 3.63) is 29.8 Å². The van der Waals surface area contributed by atoms with Crippen LogP contribution in [0.4, 0.5) is 5.69 Å². The molecule has 2 aliphatic rings. The molecule has 19 heavy (non-hydrogen) atoms. The fourth-order valence-corrected chi connectivity index (χ4v) is 2.97. The van der Waals surface area contributed by atoms with Crippen LogP contribution >= 0.6 is 0 Å². The molecule has 0 bridgehead atoms. The molecule has 2 heterocycles. The zero-order valence-corrected chi connectivity index (χ0v) is 11.2. The molecule has 4 heteroatoms. The Balaban J connectivity index is 1.69. The number of benzene rings is 1. The average molecular weight is 259 g/mol. The molecule has 4 nitrogen and oxygen atoms in total. The van der Waals surface area contributed by atoms with Gasteiger partial charge in [0, 0.05) is 18.8 Å². The normalized spacial score (nSPS) is 21.3. The van der Waals surface area contributed by atoms with E-state index in [1.807, 2.05) is 0 Å². The van der Waals surface area contributed by atoms with Gasteiger partial charge in [-0.05, 0) is 49.5 Å². The molecule has 0 radical (unpaired) electrons. The fourth-order valence-electron chi connectivity index (χ4n) is 2.97. The molecule has 0 aromatic heterocycles. The predicted octanol–water partition coefficient (Wildman–Crippen LogP) is 1.09. The minimum atomic E-state index is 0.119. The van der Waals surface area contributed by atoms with E-state index in [1.165, 1.54) is 18.4 Å². The lowest BCUT2D eigenvalue weighted by atomic mass is 9.90. The van der Waals surface area contributed by atoms with Gasteiger partial charge >= 0.3 is 0 Å². The van der Waals surface area contributed by atoms with Gasteiger partial charge in [-0.25, -0.2) is 0 Å². The van der Waals surface area contributed by atoms with E-state index in [0.717, 1.165) is 31.9 Å². The van der Waals surface area contributed by atoms with Crippen LogP contribution in [0.25, 0.3) is 0 Å². The third kappa shape index (κ3) is 2.89. The number of rotatable bonds is 2. The van der Waals surface area contributed by atoms with Gasteiger partial charge in [0.05, 0.1) is 6.54 Å². The van der Waals surface area contributed by atoms with Crippen LogP contribution in [0.5, 0.6) is 0 Å². The van der Waals surface area contributed by atoms with Gasteiger partial charge in [0.1, 0.15) is 0 Å². The quantitative estimate of drug-likeness (QED) is 0.835. The maximum Gasteiger partial charge on any atom is 0.239 e. The van der Waals surface area contributed by atoms with Crippen molar-refractivity contribution in [3.8, 4) is 0 Å². The molecular formula is C15H21N3O. The van der Waals surface area contributed by atoms with Crippen LogP contribution in [0.1, 0.15) is 24.3 Å². The van der Waals surface area contributed by atoms with Crippen molar-refractivity contribution in [1.82, 2.24) is 10.6 Å². The summed E-state index contributed by atoms with van der Waals surface area (Å²) >= 11 is 0. The molecule has 2 saturated heterocycles. The van der Waals surface area contributed by atoms with E-state index in [4.69, 9.17) is 0 Å². The van der Waals surface area contributed by atoms with Crippen molar-refractivity contribution in [2.75, 3.05) is 37.6 Å². The van der Waals surface area contributed by atoms with E-state index in [1.54, 1.807) is 0 Å². The van der Waals surface area contributed by atoms with Crippen LogP contribution in [0.15, 0.2) is 24.3 Å². The number of carbonyl (C=O) groups excluding carboxylic acids is 1. The molecule has 1 amide bonds. The number of nitrogens with zero attached hydrogens (tertiary/aromatic N) is 1. The van der Waals surface area contributed by atoms with Gasteiger partial charge in [-0.15, -0.1) is 0 Å². The summed E-state index contributed by atoms with van der Waals surface area (Å²) < 4.78 is 0. The third-order valence-electron chi connectivity index (χ3n) is 4.11. The molecule has 1 aromatic carbocycles. The molecule has 2 aliphatic heterocycles. The largest absolute Gasteiger partial charge is 0.360 e. The third-order valence-corrected chi connectivity index (χ3v) is 4.11. The maximum absolute atomic E-state index is 11.4. The van der Waals surface area contributed by atoms with Gasteiger partial charge in [-0.3, -0.25) is 4.79 Å². The second-order valence-electron chi connectivity index (χ2n) is 5.39. The van der Waals surface area contributed by atoms with Crippen LogP contribution in [0.2, 0.25) is 0 Å². The molecule has 2 N–H and O–H groups in total. The van der Waals surface area contributed by atoms with E-state index >= 15 is 0 Å². The van der Waals surface area contributed by atoms with E-state index in [-0.39, 0.29) is 5.91 Å². The summed E-state index contributed by atoms with van der Waals surface area (Å²) in [6.45, 7) is 4.37. The summed E-state index contributed by atoms with van der Waals surface area (Å²) in [4.78, 5) is 13.5. The smallest absolute Gasteiger partial charge is 0.239 e. The van der Waals surface area contributed by atoms with Gasteiger partial charge in [-0.1, -0.05) is 12.1 Å². The Labute approximate surface area is 114 Å². The topological polar surface area (TPSA) is 44.4 Å². The molecule has 1 aromatic rings. The second-order valence-corrected chi connectivity index (χ2v) is 5.39. The molecule has 2 fully saturated rings. The molecule has 3 rings (SSSR count). The lowest BCUT2D eigenvalue weighted by Crippen LogP contribution is -2.47. The number of piperazine rings is 1. The van der Waals surface area contributed by atoms with Gasteiger partial charge in [-0.2, -0.15) is 0 Å². The van der Waals surface area contributed by atoms with Crippen LogP contribution in [0, 0.1) is 0 Å². The summed E-state index contributed by atoms with van der Waals surface area (Å²) in [7, 11) is 0. The molecule has 0 atom stereocenters. The fraction of sp³-hybridized carbons (Fsp3) is 0.533. The monoisotopic (exact) mass is 259 g/mol. The van der Waals surface area contributed by atoms with Crippen LogP contribution in [0.3, 0.4) is 0 Å². The summed E-state index contributed by atoms with van der Waals surface area (Å²) in [6, 6.07) is 8.79. The molecule has 0 saturated carbocycles. The van der Waals surface area contributed by atoms with Crippen molar-refractivity contribution < 1.29 is 4.79 Å². The maximum atomic E-state index is 11.4. The van der Waals surface area contributed by atoms with E-state index in [2.05, 4.69) is 39.8 Å². The van der Waals surface area contributed by atoms with Crippen LogP contribution < -0.4 is 15.5 Å². The minimum absolute atomic E-state index is 0.119. The lowest BCUT2D eigenvalue weighted by molar-refractivity contribution is -0.120. The Morgan fingerprint density at radius 1 is 1.05 bits per heavy atom. The Kier molecular flexibility index (Phi) is 3.69. The zero-order valence-electron chi connectivity index (χ0n) is 11.2. The lowest BCUT2D eigenvalue weighted by Gasteiger charge is -2.29. The van der Waals surface area contributed by atoms with Crippen molar-refractivity contribution >= 4 is 11.6 Å². The second kappa shape index (κ2) is 5.61. The Hall–Kier alpha value is -1.55. The van der Waals surface area contributed by atoms with Gasteiger partial charge in [0.25, 0.3) is 0 Å². The Morgan fingerprint density at radius 2 is 1.79 bits per heavy atom. The number of hydrogen-bond acceptors (Lipinski definition) is 3.